The molecule has 4 heteroatoms. The van der Waals surface area contributed by atoms with Crippen molar-refractivity contribution >= 4 is 21.8 Å². The molecule has 0 fully saturated rings. The van der Waals surface area contributed by atoms with Crippen LogP contribution in [0.3, 0.4) is 0 Å². The largest absolute Gasteiger partial charge is 0.491 e. The van der Waals surface area contributed by atoms with Gasteiger partial charge in [0.15, 0.2) is 0 Å². The highest BCUT2D eigenvalue weighted by Gasteiger charge is 2.10. The molecule has 4 nitrogen and oxygen atoms in total. The van der Waals surface area contributed by atoms with Crippen molar-refractivity contribution in [2.45, 2.75) is 33.0 Å². The molecule has 0 aliphatic rings. The van der Waals surface area contributed by atoms with Gasteiger partial charge in [-0.2, -0.15) is 0 Å². The predicted octanol–water partition coefficient (Wildman–Crippen LogP) is 4.79. The van der Waals surface area contributed by atoms with Crippen molar-refractivity contribution in [3.05, 3.63) is 72.1 Å². The van der Waals surface area contributed by atoms with Crippen molar-refractivity contribution in [3.8, 4) is 5.75 Å². The molecule has 0 atom stereocenters. The Morgan fingerprint density at radius 1 is 0.962 bits per heavy atom. The normalized spacial score (nSPS) is 11.5. The Morgan fingerprint density at radius 2 is 1.77 bits per heavy atom. The fraction of sp³-hybridized carbons (Fsp3) is 0.227. The summed E-state index contributed by atoms with van der Waals surface area (Å²) in [6.07, 6.45) is 0.144. The topological polar surface area (TPSA) is 49.9 Å². The molecule has 0 radical (unpaired) electrons. The second kappa shape index (κ2) is 7.18. The molecule has 4 rings (SSSR count). The van der Waals surface area contributed by atoms with E-state index in [-0.39, 0.29) is 6.10 Å². The van der Waals surface area contributed by atoms with E-state index in [0.717, 1.165) is 29.2 Å². The lowest BCUT2D eigenvalue weighted by Crippen LogP contribution is -2.16. The highest BCUT2D eigenvalue weighted by molar-refractivity contribution is 5.87. The molecular weight excluding hydrogens is 322 g/mol. The Kier molecular flexibility index (Phi) is 4.59. The van der Waals surface area contributed by atoms with E-state index in [1.807, 2.05) is 24.3 Å². The minimum atomic E-state index is 0.144. The van der Waals surface area contributed by atoms with Gasteiger partial charge in [-0.1, -0.05) is 42.5 Å². The highest BCUT2D eigenvalue weighted by Crippen LogP contribution is 2.29. The van der Waals surface area contributed by atoms with Gasteiger partial charge in [-0.05, 0) is 42.8 Å². The number of hydrogen-bond donors (Lipinski definition) is 2. The molecule has 0 amide bonds. The summed E-state index contributed by atoms with van der Waals surface area (Å²) in [5.74, 6) is 1.88. The van der Waals surface area contributed by atoms with E-state index >= 15 is 0 Å². The molecule has 1 heterocycles. The van der Waals surface area contributed by atoms with E-state index in [0.29, 0.717) is 6.54 Å². The molecule has 0 saturated heterocycles. The number of para-hydroxylation sites is 2. The zero-order chi connectivity index (χ0) is 17.9. The molecule has 0 spiro atoms. The number of nitrogens with one attached hydrogen (secondary N) is 2. The summed E-state index contributed by atoms with van der Waals surface area (Å²) in [5, 5.41) is 5.96. The number of hydrogen-bond acceptors (Lipinski definition) is 3. The van der Waals surface area contributed by atoms with Crippen molar-refractivity contribution in [1.82, 2.24) is 15.3 Å². The van der Waals surface area contributed by atoms with E-state index in [1.54, 1.807) is 0 Å². The average molecular weight is 345 g/mol. The third-order valence-corrected chi connectivity index (χ3v) is 4.39. The molecule has 1 aromatic heterocycles. The van der Waals surface area contributed by atoms with Crippen LogP contribution in [-0.2, 0) is 13.1 Å². The molecule has 0 aliphatic heterocycles. The van der Waals surface area contributed by atoms with Crippen molar-refractivity contribution in [1.29, 1.82) is 0 Å². The summed E-state index contributed by atoms with van der Waals surface area (Å²) in [6, 6.07) is 20.7. The van der Waals surface area contributed by atoms with Gasteiger partial charge < -0.3 is 15.0 Å². The monoisotopic (exact) mass is 345 g/mol. The number of imidazole rings is 1. The van der Waals surface area contributed by atoms with Gasteiger partial charge in [-0.25, -0.2) is 4.98 Å². The molecule has 0 bridgehead atoms. The van der Waals surface area contributed by atoms with Crippen molar-refractivity contribution in [2.75, 3.05) is 0 Å². The molecule has 2 N–H and O–H groups in total. The fourth-order valence-electron chi connectivity index (χ4n) is 3.26. The zero-order valence-electron chi connectivity index (χ0n) is 15.1. The van der Waals surface area contributed by atoms with Gasteiger partial charge >= 0.3 is 0 Å². The summed E-state index contributed by atoms with van der Waals surface area (Å²) in [5.41, 5.74) is 3.25. The molecule has 0 unspecified atom stereocenters. The van der Waals surface area contributed by atoms with Crippen LogP contribution < -0.4 is 10.1 Å². The van der Waals surface area contributed by atoms with E-state index in [2.05, 4.69) is 65.5 Å². The Balaban J connectivity index is 1.57. The van der Waals surface area contributed by atoms with E-state index < -0.39 is 0 Å². The Labute approximate surface area is 153 Å². The third kappa shape index (κ3) is 3.41. The van der Waals surface area contributed by atoms with Gasteiger partial charge in [0.2, 0.25) is 0 Å². The van der Waals surface area contributed by atoms with Gasteiger partial charge in [0.1, 0.15) is 11.6 Å². The van der Waals surface area contributed by atoms with Crippen LogP contribution >= 0.6 is 0 Å². The number of aromatic nitrogens is 2. The summed E-state index contributed by atoms with van der Waals surface area (Å²) in [6.45, 7) is 5.51. The van der Waals surface area contributed by atoms with Crippen molar-refractivity contribution < 1.29 is 4.74 Å². The second-order valence-electron chi connectivity index (χ2n) is 6.73. The second-order valence-corrected chi connectivity index (χ2v) is 6.73. The minimum absolute atomic E-state index is 0.144. The number of fused-ring (bicyclic) bond motifs is 2. The molecule has 0 aliphatic carbocycles. The zero-order valence-corrected chi connectivity index (χ0v) is 15.1. The number of nitrogens with zero attached hydrogens (tertiary/aromatic N) is 1. The Bertz CT molecular complexity index is 1000. The van der Waals surface area contributed by atoms with Crippen LogP contribution in [-0.4, -0.2) is 16.1 Å². The lowest BCUT2D eigenvalue weighted by Gasteiger charge is -2.17. The SMILES string of the molecule is CC(C)Oc1ccc2ccccc2c1CNCc1nc2ccccc2[nH]1. The summed E-state index contributed by atoms with van der Waals surface area (Å²) in [4.78, 5) is 7.99. The van der Waals surface area contributed by atoms with Crippen LogP contribution in [0.1, 0.15) is 25.2 Å². The molecule has 26 heavy (non-hydrogen) atoms. The van der Waals surface area contributed by atoms with Crippen molar-refractivity contribution in [3.63, 3.8) is 0 Å². The standard InChI is InChI=1S/C22H23N3O/c1-15(2)26-21-12-11-16-7-3-4-8-17(16)18(21)13-23-14-22-24-19-9-5-6-10-20(19)25-22/h3-12,15,23H,13-14H2,1-2H3,(H,24,25). The molecular formula is C22H23N3O. The number of ether oxygens (including phenoxy) is 1. The lowest BCUT2D eigenvalue weighted by atomic mass is 10.0. The van der Waals surface area contributed by atoms with Gasteiger partial charge in [0, 0.05) is 12.1 Å². The van der Waals surface area contributed by atoms with E-state index in [4.69, 9.17) is 4.74 Å². The maximum Gasteiger partial charge on any atom is 0.124 e. The van der Waals surface area contributed by atoms with E-state index in [9.17, 15) is 0 Å². The highest BCUT2D eigenvalue weighted by atomic mass is 16.5. The van der Waals surface area contributed by atoms with Gasteiger partial charge in [0.25, 0.3) is 0 Å². The smallest absolute Gasteiger partial charge is 0.124 e. The van der Waals surface area contributed by atoms with Crippen LogP contribution in [0, 0.1) is 0 Å². The van der Waals surface area contributed by atoms with Gasteiger partial charge in [0.05, 0.1) is 23.7 Å². The van der Waals surface area contributed by atoms with E-state index in [1.165, 1.54) is 16.3 Å². The first kappa shape index (κ1) is 16.6. The molecule has 132 valence electrons. The predicted molar refractivity (Wildman–Crippen MR) is 106 cm³/mol. The number of H-pyrrole nitrogens is 1. The molecule has 0 saturated carbocycles. The summed E-state index contributed by atoms with van der Waals surface area (Å²) < 4.78 is 6.04. The first-order valence-electron chi connectivity index (χ1n) is 9.02. The van der Waals surface area contributed by atoms with Crippen LogP contribution in [0.25, 0.3) is 21.8 Å². The molecule has 4 aromatic rings. The number of benzene rings is 3. The average Bonchev–Trinajstić information content (AvgIpc) is 3.05. The fourth-order valence-corrected chi connectivity index (χ4v) is 3.26. The Morgan fingerprint density at radius 3 is 2.62 bits per heavy atom. The van der Waals surface area contributed by atoms with Crippen LogP contribution in [0.15, 0.2) is 60.7 Å². The Hall–Kier alpha value is -2.85. The van der Waals surface area contributed by atoms with Gasteiger partial charge in [-0.15, -0.1) is 0 Å². The first-order chi connectivity index (χ1) is 12.7. The minimum Gasteiger partial charge on any atom is -0.491 e. The quantitative estimate of drug-likeness (QED) is 0.528. The maximum atomic E-state index is 6.04. The summed E-state index contributed by atoms with van der Waals surface area (Å²) in [7, 11) is 0. The van der Waals surface area contributed by atoms with Crippen LogP contribution in [0.4, 0.5) is 0 Å². The van der Waals surface area contributed by atoms with Crippen LogP contribution in [0.5, 0.6) is 5.75 Å². The van der Waals surface area contributed by atoms with Crippen molar-refractivity contribution in [2.24, 2.45) is 0 Å². The maximum absolute atomic E-state index is 6.04. The van der Waals surface area contributed by atoms with Crippen LogP contribution in [0.2, 0.25) is 0 Å². The molecule has 3 aromatic carbocycles. The first-order valence-corrected chi connectivity index (χ1v) is 9.02. The summed E-state index contributed by atoms with van der Waals surface area (Å²) >= 11 is 0. The lowest BCUT2D eigenvalue weighted by molar-refractivity contribution is 0.240. The third-order valence-electron chi connectivity index (χ3n) is 4.39. The van der Waals surface area contributed by atoms with Gasteiger partial charge in [-0.3, -0.25) is 0 Å². The number of rotatable bonds is 6. The number of aromatic amines is 1.